The molecule has 4 aromatic carbocycles. The van der Waals surface area contributed by atoms with Crippen LogP contribution in [-0.2, 0) is 0 Å². The Kier molecular flexibility index (Phi) is 9.74. The number of amides is 2. The lowest BCUT2D eigenvalue weighted by Crippen LogP contribution is -2.32. The Labute approximate surface area is 328 Å². The number of hydrogen-bond donors (Lipinski definition) is 1. The minimum absolute atomic E-state index is 0.0304. The normalized spacial score (nSPS) is 18.3. The topological polar surface area (TPSA) is 105 Å². The molecule has 0 bridgehead atoms. The molecule has 10 heteroatoms. The van der Waals surface area contributed by atoms with E-state index in [0.29, 0.717) is 65.8 Å². The van der Waals surface area contributed by atoms with Crippen molar-refractivity contribution in [2.24, 2.45) is 9.98 Å². The number of anilines is 1. The molecule has 0 aliphatic carbocycles. The summed E-state index contributed by atoms with van der Waals surface area (Å²) in [5.41, 5.74) is 9.67. The summed E-state index contributed by atoms with van der Waals surface area (Å²) >= 11 is 0. The molecule has 0 saturated carbocycles. The third kappa shape index (κ3) is 7.43. The monoisotopic (exact) mass is 749 g/mol. The summed E-state index contributed by atoms with van der Waals surface area (Å²) in [7, 11) is 1.56. The predicted octanol–water partition coefficient (Wildman–Crippen LogP) is 9.31. The van der Waals surface area contributed by atoms with Gasteiger partial charge in [-0.05, 0) is 86.7 Å². The van der Waals surface area contributed by atoms with E-state index in [4.69, 9.17) is 24.2 Å². The SMILES string of the molecule is COc1cc2c(cc1OCCCOc1cc3c(cc1C)C(=O)N1C=C(c4ccc(C)cc4)C[C@H]1C=N3)N=C[C@@H]1CC(c3ccc(NC(C)(C)C)cc3)=CN1C2=O. The summed E-state index contributed by atoms with van der Waals surface area (Å²) in [5, 5.41) is 3.49. The Morgan fingerprint density at radius 1 is 0.696 bits per heavy atom. The molecule has 8 rings (SSSR count). The van der Waals surface area contributed by atoms with E-state index in [0.717, 1.165) is 39.9 Å². The molecule has 4 aliphatic heterocycles. The number of carbonyl (C=O) groups excluding carboxylic acids is 2. The fraction of sp³-hybridized carbons (Fsp3) is 0.304. The maximum Gasteiger partial charge on any atom is 0.260 e. The van der Waals surface area contributed by atoms with Crippen LogP contribution in [0.15, 0.2) is 95.2 Å². The number of ether oxygens (including phenoxy) is 3. The maximum absolute atomic E-state index is 13.8. The first-order valence-corrected chi connectivity index (χ1v) is 19.2. The fourth-order valence-electron chi connectivity index (χ4n) is 7.55. The van der Waals surface area contributed by atoms with E-state index >= 15 is 0 Å². The van der Waals surface area contributed by atoms with Crippen molar-refractivity contribution in [3.05, 3.63) is 119 Å². The van der Waals surface area contributed by atoms with Crippen LogP contribution in [0.2, 0.25) is 0 Å². The van der Waals surface area contributed by atoms with Crippen molar-refractivity contribution in [1.29, 1.82) is 0 Å². The summed E-state index contributed by atoms with van der Waals surface area (Å²) in [5.74, 6) is 1.45. The van der Waals surface area contributed by atoms with Crippen LogP contribution in [0.4, 0.5) is 17.1 Å². The van der Waals surface area contributed by atoms with Gasteiger partial charge in [0.15, 0.2) is 11.5 Å². The number of nitrogens with zero attached hydrogens (tertiary/aromatic N) is 4. The molecular formula is C46H47N5O5. The second-order valence-electron chi connectivity index (χ2n) is 15.9. The van der Waals surface area contributed by atoms with Crippen molar-refractivity contribution in [3.63, 3.8) is 0 Å². The van der Waals surface area contributed by atoms with Gasteiger partial charge in [0.2, 0.25) is 0 Å². The molecule has 0 unspecified atom stereocenters. The first kappa shape index (κ1) is 36.8. The summed E-state index contributed by atoms with van der Waals surface area (Å²) in [4.78, 5) is 40.6. The zero-order valence-electron chi connectivity index (χ0n) is 32.8. The molecule has 0 saturated heterocycles. The molecule has 286 valence electrons. The van der Waals surface area contributed by atoms with Gasteiger partial charge in [0.1, 0.15) is 5.75 Å². The zero-order chi connectivity index (χ0) is 39.1. The number of rotatable bonds is 10. The Bertz CT molecular complexity index is 2320. The first-order valence-electron chi connectivity index (χ1n) is 19.2. The molecule has 0 aromatic heterocycles. The molecule has 10 nitrogen and oxygen atoms in total. The molecule has 4 aliphatic rings. The number of nitrogens with one attached hydrogen (secondary N) is 1. The molecule has 56 heavy (non-hydrogen) atoms. The molecule has 2 atom stereocenters. The van der Waals surface area contributed by atoms with E-state index in [1.165, 1.54) is 5.56 Å². The van der Waals surface area contributed by atoms with Crippen LogP contribution in [0.1, 0.15) is 83.0 Å². The Morgan fingerprint density at radius 2 is 1.21 bits per heavy atom. The Hall–Kier alpha value is -6.16. The smallest absolute Gasteiger partial charge is 0.260 e. The minimum Gasteiger partial charge on any atom is -0.493 e. The highest BCUT2D eigenvalue weighted by atomic mass is 16.5. The van der Waals surface area contributed by atoms with Crippen molar-refractivity contribution in [2.45, 2.75) is 71.5 Å². The number of aliphatic imine (C=N–C) groups is 2. The van der Waals surface area contributed by atoms with Gasteiger partial charge in [0, 0.05) is 67.5 Å². The molecule has 2 amide bonds. The molecular weight excluding hydrogens is 703 g/mol. The van der Waals surface area contributed by atoms with Crippen LogP contribution >= 0.6 is 0 Å². The van der Waals surface area contributed by atoms with E-state index < -0.39 is 0 Å². The number of methoxy groups -OCH3 is 1. The molecule has 0 fully saturated rings. The van der Waals surface area contributed by atoms with Crippen molar-refractivity contribution < 1.29 is 23.8 Å². The largest absolute Gasteiger partial charge is 0.493 e. The fourth-order valence-corrected chi connectivity index (χ4v) is 7.55. The molecule has 4 aromatic rings. The van der Waals surface area contributed by atoms with E-state index in [1.807, 2.05) is 43.9 Å². The number of benzene rings is 4. The Balaban J connectivity index is 0.887. The maximum atomic E-state index is 13.8. The quantitative estimate of drug-likeness (QED) is 0.162. The highest BCUT2D eigenvalue weighted by molar-refractivity contribution is 6.06. The number of carbonyl (C=O) groups is 2. The lowest BCUT2D eigenvalue weighted by molar-refractivity contribution is 0.0809. The van der Waals surface area contributed by atoms with Crippen LogP contribution < -0.4 is 19.5 Å². The molecule has 0 spiro atoms. The summed E-state index contributed by atoms with van der Waals surface area (Å²) < 4.78 is 18.0. The highest BCUT2D eigenvalue weighted by Crippen LogP contribution is 2.41. The third-order valence-corrected chi connectivity index (χ3v) is 10.4. The first-order chi connectivity index (χ1) is 26.9. The third-order valence-electron chi connectivity index (χ3n) is 10.4. The predicted molar refractivity (Wildman–Crippen MR) is 222 cm³/mol. The van der Waals surface area contributed by atoms with Crippen molar-refractivity contribution >= 4 is 52.5 Å². The number of aryl methyl sites for hydroxylation is 2. The second-order valence-corrected chi connectivity index (χ2v) is 15.9. The van der Waals surface area contributed by atoms with Gasteiger partial charge in [0.25, 0.3) is 11.8 Å². The van der Waals surface area contributed by atoms with E-state index in [9.17, 15) is 9.59 Å². The van der Waals surface area contributed by atoms with E-state index in [2.05, 4.69) is 81.5 Å². The molecule has 4 heterocycles. The van der Waals surface area contributed by atoms with Gasteiger partial charge in [-0.3, -0.25) is 19.6 Å². The van der Waals surface area contributed by atoms with Crippen LogP contribution in [0, 0.1) is 13.8 Å². The van der Waals surface area contributed by atoms with E-state index in [-0.39, 0.29) is 29.4 Å². The van der Waals surface area contributed by atoms with Crippen LogP contribution in [-0.4, -0.2) is 72.0 Å². The van der Waals surface area contributed by atoms with Crippen molar-refractivity contribution in [1.82, 2.24) is 9.80 Å². The average Bonchev–Trinajstić information content (AvgIpc) is 3.75. The lowest BCUT2D eigenvalue weighted by Gasteiger charge is -2.22. The molecule has 1 N–H and O–H groups in total. The van der Waals surface area contributed by atoms with Gasteiger partial charge in [-0.15, -0.1) is 0 Å². The second kappa shape index (κ2) is 14.8. The van der Waals surface area contributed by atoms with Gasteiger partial charge in [0.05, 0.1) is 54.9 Å². The summed E-state index contributed by atoms with van der Waals surface area (Å²) in [6.45, 7) is 11.1. The minimum atomic E-state index is -0.184. The standard InChI is InChI=1S/C46H47N5O5/c1-28-8-10-30(11-9-28)32-19-35-24-47-39-22-41(29(2)18-37(39)44(52)50(35)26-32)55-16-7-17-56-43-23-40-38(21-42(43)54-6)45(53)51-27-33(20-36(51)25-48-40)31-12-14-34(15-13-31)49-46(3,4)5/h8-15,18,21-27,35-36,49H,7,16-17,19-20H2,1-6H3/t35-,36-/m0/s1. The average molecular weight is 750 g/mol. The van der Waals surface area contributed by atoms with Crippen molar-refractivity contribution in [3.8, 4) is 17.2 Å². The van der Waals surface area contributed by atoms with Gasteiger partial charge in [-0.1, -0.05) is 42.0 Å². The lowest BCUT2D eigenvalue weighted by atomic mass is 10.0. The number of hydrogen-bond acceptors (Lipinski definition) is 8. The number of fused-ring (bicyclic) bond motifs is 4. The summed E-state index contributed by atoms with van der Waals surface area (Å²) in [6, 6.07) is 23.6. The van der Waals surface area contributed by atoms with Crippen LogP contribution in [0.3, 0.4) is 0 Å². The van der Waals surface area contributed by atoms with Crippen LogP contribution in [0.5, 0.6) is 17.2 Å². The zero-order valence-corrected chi connectivity index (χ0v) is 32.8. The van der Waals surface area contributed by atoms with Gasteiger partial charge < -0.3 is 29.3 Å². The highest BCUT2D eigenvalue weighted by Gasteiger charge is 2.35. The van der Waals surface area contributed by atoms with Crippen LogP contribution in [0.25, 0.3) is 11.1 Å². The van der Waals surface area contributed by atoms with Crippen molar-refractivity contribution in [2.75, 3.05) is 25.6 Å². The van der Waals surface area contributed by atoms with Gasteiger partial charge >= 0.3 is 0 Å². The van der Waals surface area contributed by atoms with Gasteiger partial charge in [-0.25, -0.2) is 0 Å². The Morgan fingerprint density at radius 3 is 1.77 bits per heavy atom. The summed E-state index contributed by atoms with van der Waals surface area (Å²) in [6.07, 6.45) is 9.59. The molecule has 0 radical (unpaired) electrons. The van der Waals surface area contributed by atoms with E-state index in [1.54, 1.807) is 29.0 Å². The van der Waals surface area contributed by atoms with Gasteiger partial charge in [-0.2, -0.15) is 0 Å².